The Morgan fingerprint density at radius 1 is 1.04 bits per heavy atom. The fourth-order valence-electron chi connectivity index (χ4n) is 3.20. The molecule has 0 aromatic heterocycles. The van der Waals surface area contributed by atoms with Crippen molar-refractivity contribution in [3.8, 4) is 0 Å². The third-order valence-electron chi connectivity index (χ3n) is 4.92. The van der Waals surface area contributed by atoms with E-state index < -0.39 is 6.04 Å². The lowest BCUT2D eigenvalue weighted by Crippen LogP contribution is -2.49. The van der Waals surface area contributed by atoms with Crippen molar-refractivity contribution in [3.05, 3.63) is 71.3 Å². The zero-order valence-electron chi connectivity index (χ0n) is 17.3. The van der Waals surface area contributed by atoms with Crippen LogP contribution in [-0.2, 0) is 22.4 Å². The van der Waals surface area contributed by atoms with Crippen LogP contribution in [0.2, 0.25) is 0 Å². The summed E-state index contributed by atoms with van der Waals surface area (Å²) < 4.78 is 0. The fraction of sp³-hybridized carbons (Fsp3) is 0.417. The van der Waals surface area contributed by atoms with Crippen LogP contribution in [0.3, 0.4) is 0 Å². The van der Waals surface area contributed by atoms with E-state index in [-0.39, 0.29) is 11.8 Å². The van der Waals surface area contributed by atoms with Crippen molar-refractivity contribution in [2.45, 2.75) is 52.5 Å². The maximum absolute atomic E-state index is 13.1. The van der Waals surface area contributed by atoms with Crippen molar-refractivity contribution in [1.82, 2.24) is 10.2 Å². The molecule has 2 aromatic carbocycles. The molecule has 1 unspecified atom stereocenters. The first kappa shape index (κ1) is 21.7. The van der Waals surface area contributed by atoms with Crippen molar-refractivity contribution in [3.63, 3.8) is 0 Å². The normalized spacial score (nSPS) is 11.7. The van der Waals surface area contributed by atoms with Crippen LogP contribution in [0.4, 0.5) is 0 Å². The van der Waals surface area contributed by atoms with Gasteiger partial charge in [0.05, 0.1) is 6.42 Å². The second-order valence-corrected chi connectivity index (χ2v) is 7.31. The van der Waals surface area contributed by atoms with Gasteiger partial charge in [0, 0.05) is 13.1 Å². The highest BCUT2D eigenvalue weighted by Crippen LogP contribution is 2.11. The molecule has 0 aliphatic rings. The Morgan fingerprint density at radius 3 is 2.43 bits per heavy atom. The number of hydrogen-bond donors (Lipinski definition) is 1. The van der Waals surface area contributed by atoms with Crippen LogP contribution in [0.1, 0.15) is 43.4 Å². The number of nitrogens with one attached hydrogen (secondary N) is 1. The molecule has 0 radical (unpaired) electrons. The zero-order chi connectivity index (χ0) is 20.4. The number of amides is 2. The number of carbonyl (C=O) groups excluding carboxylic acids is 2. The Balaban J connectivity index is 2.09. The molecule has 150 valence electrons. The van der Waals surface area contributed by atoms with Gasteiger partial charge >= 0.3 is 0 Å². The van der Waals surface area contributed by atoms with Crippen molar-refractivity contribution in [1.29, 1.82) is 0 Å². The van der Waals surface area contributed by atoms with E-state index in [1.807, 2.05) is 56.3 Å². The monoisotopic (exact) mass is 380 g/mol. The Hall–Kier alpha value is -2.62. The van der Waals surface area contributed by atoms with Crippen LogP contribution in [-0.4, -0.2) is 35.8 Å². The van der Waals surface area contributed by atoms with Gasteiger partial charge in [-0.1, -0.05) is 73.5 Å². The fourth-order valence-corrected chi connectivity index (χ4v) is 3.20. The van der Waals surface area contributed by atoms with Gasteiger partial charge in [-0.05, 0) is 37.8 Å². The number of rotatable bonds is 10. The standard InChI is InChI=1S/C24H32N2O2/c1-4-5-15-25-24(28)20(3)26(16-14-21-11-7-6-8-12-21)23(27)18-22-13-9-10-19(2)17-22/h6-13,17,20H,4-5,14-16,18H2,1-3H3,(H,25,28). The molecule has 0 heterocycles. The van der Waals surface area contributed by atoms with Crippen molar-refractivity contribution in [2.75, 3.05) is 13.1 Å². The lowest BCUT2D eigenvalue weighted by Gasteiger charge is -2.29. The van der Waals surface area contributed by atoms with Crippen LogP contribution >= 0.6 is 0 Å². The lowest BCUT2D eigenvalue weighted by molar-refractivity contribution is -0.139. The summed E-state index contributed by atoms with van der Waals surface area (Å²) in [6, 6.07) is 17.6. The molecular formula is C24H32N2O2. The van der Waals surface area contributed by atoms with E-state index in [0.29, 0.717) is 19.5 Å². The number of carbonyl (C=O) groups is 2. The molecule has 2 amide bonds. The van der Waals surface area contributed by atoms with E-state index in [4.69, 9.17) is 0 Å². The van der Waals surface area contributed by atoms with E-state index in [9.17, 15) is 9.59 Å². The summed E-state index contributed by atoms with van der Waals surface area (Å²) >= 11 is 0. The van der Waals surface area contributed by atoms with Crippen molar-refractivity contribution in [2.24, 2.45) is 0 Å². The largest absolute Gasteiger partial charge is 0.354 e. The highest BCUT2D eigenvalue weighted by molar-refractivity contribution is 5.88. The van der Waals surface area contributed by atoms with Crippen molar-refractivity contribution < 1.29 is 9.59 Å². The molecule has 4 heteroatoms. The molecule has 0 aliphatic heterocycles. The van der Waals surface area contributed by atoms with Gasteiger partial charge in [0.2, 0.25) is 11.8 Å². The summed E-state index contributed by atoms with van der Waals surface area (Å²) in [5, 5.41) is 2.96. The third-order valence-corrected chi connectivity index (χ3v) is 4.92. The summed E-state index contributed by atoms with van der Waals surface area (Å²) in [6.45, 7) is 7.10. The van der Waals surface area contributed by atoms with E-state index in [0.717, 1.165) is 36.0 Å². The number of aryl methyl sites for hydroxylation is 1. The van der Waals surface area contributed by atoms with Crippen LogP contribution < -0.4 is 5.32 Å². The predicted molar refractivity (Wildman–Crippen MR) is 114 cm³/mol. The Kier molecular flexibility index (Phi) is 8.73. The zero-order valence-corrected chi connectivity index (χ0v) is 17.3. The first-order chi connectivity index (χ1) is 13.5. The molecule has 0 saturated heterocycles. The van der Waals surface area contributed by atoms with Crippen LogP contribution in [0.5, 0.6) is 0 Å². The Labute approximate surface area is 169 Å². The molecule has 28 heavy (non-hydrogen) atoms. The molecular weight excluding hydrogens is 348 g/mol. The summed E-state index contributed by atoms with van der Waals surface area (Å²) in [6.07, 6.45) is 3.01. The maximum atomic E-state index is 13.1. The summed E-state index contributed by atoms with van der Waals surface area (Å²) in [5.74, 6) is -0.0984. The first-order valence-corrected chi connectivity index (χ1v) is 10.2. The third kappa shape index (κ3) is 6.84. The van der Waals surface area contributed by atoms with Gasteiger partial charge in [0.1, 0.15) is 6.04 Å². The predicted octanol–water partition coefficient (Wildman–Crippen LogP) is 3.91. The minimum Gasteiger partial charge on any atom is -0.354 e. The quantitative estimate of drug-likeness (QED) is 0.635. The molecule has 4 nitrogen and oxygen atoms in total. The topological polar surface area (TPSA) is 49.4 Å². The second-order valence-electron chi connectivity index (χ2n) is 7.31. The van der Waals surface area contributed by atoms with E-state index in [1.165, 1.54) is 0 Å². The molecule has 1 N–H and O–H groups in total. The number of nitrogens with zero attached hydrogens (tertiary/aromatic N) is 1. The van der Waals surface area contributed by atoms with E-state index in [1.54, 1.807) is 4.90 Å². The molecule has 0 spiro atoms. The number of hydrogen-bond acceptors (Lipinski definition) is 2. The van der Waals surface area contributed by atoms with Gasteiger partial charge in [-0.2, -0.15) is 0 Å². The highest BCUT2D eigenvalue weighted by atomic mass is 16.2. The highest BCUT2D eigenvalue weighted by Gasteiger charge is 2.25. The van der Waals surface area contributed by atoms with E-state index in [2.05, 4.69) is 24.4 Å². The lowest BCUT2D eigenvalue weighted by atomic mass is 10.1. The second kappa shape index (κ2) is 11.3. The summed E-state index contributed by atoms with van der Waals surface area (Å²) in [7, 11) is 0. The number of benzene rings is 2. The van der Waals surface area contributed by atoms with Gasteiger partial charge < -0.3 is 10.2 Å². The minimum atomic E-state index is -0.488. The van der Waals surface area contributed by atoms with Gasteiger partial charge in [-0.15, -0.1) is 0 Å². The molecule has 2 aromatic rings. The summed E-state index contributed by atoms with van der Waals surface area (Å²) in [5.41, 5.74) is 3.27. The molecule has 0 aliphatic carbocycles. The SMILES string of the molecule is CCCCNC(=O)C(C)N(CCc1ccccc1)C(=O)Cc1cccc(C)c1. The first-order valence-electron chi connectivity index (χ1n) is 10.2. The molecule has 1 atom stereocenters. The van der Waals surface area contributed by atoms with Crippen molar-refractivity contribution >= 4 is 11.8 Å². The minimum absolute atomic E-state index is 0.0142. The molecule has 2 rings (SSSR count). The molecule has 0 fully saturated rings. The van der Waals surface area contributed by atoms with E-state index >= 15 is 0 Å². The average Bonchev–Trinajstić information content (AvgIpc) is 2.69. The van der Waals surface area contributed by atoms with Crippen LogP contribution in [0, 0.1) is 6.92 Å². The molecule has 0 saturated carbocycles. The van der Waals surface area contributed by atoms with Gasteiger partial charge in [0.25, 0.3) is 0 Å². The summed E-state index contributed by atoms with van der Waals surface area (Å²) in [4.78, 5) is 27.4. The van der Waals surface area contributed by atoms with Gasteiger partial charge in [-0.3, -0.25) is 9.59 Å². The number of unbranched alkanes of at least 4 members (excludes halogenated alkanes) is 1. The molecule has 0 bridgehead atoms. The average molecular weight is 381 g/mol. The van der Waals surface area contributed by atoms with Crippen LogP contribution in [0.15, 0.2) is 54.6 Å². The maximum Gasteiger partial charge on any atom is 0.242 e. The van der Waals surface area contributed by atoms with Gasteiger partial charge in [0.15, 0.2) is 0 Å². The Morgan fingerprint density at radius 2 is 1.75 bits per heavy atom. The Bertz CT molecular complexity index is 758. The van der Waals surface area contributed by atoms with Crippen LogP contribution in [0.25, 0.3) is 0 Å². The van der Waals surface area contributed by atoms with Gasteiger partial charge in [-0.25, -0.2) is 0 Å². The smallest absolute Gasteiger partial charge is 0.242 e.